The van der Waals surface area contributed by atoms with Crippen molar-refractivity contribution in [3.05, 3.63) is 29.3 Å². The van der Waals surface area contributed by atoms with Crippen LogP contribution in [0.25, 0.3) is 0 Å². The van der Waals surface area contributed by atoms with E-state index < -0.39 is 5.97 Å². The Kier molecular flexibility index (Phi) is 4.71. The first kappa shape index (κ1) is 14.0. The minimum atomic E-state index is -0.915. The maximum absolute atomic E-state index is 11.8. The fourth-order valence-corrected chi connectivity index (χ4v) is 1.45. The molecular formula is C13H18N2O3. The van der Waals surface area contributed by atoms with Gasteiger partial charge in [0.05, 0.1) is 6.42 Å². The molecule has 1 rings (SSSR count). The van der Waals surface area contributed by atoms with Gasteiger partial charge < -0.3 is 15.3 Å². The van der Waals surface area contributed by atoms with E-state index in [0.717, 1.165) is 16.8 Å². The largest absolute Gasteiger partial charge is 0.481 e. The molecule has 2 amide bonds. The summed E-state index contributed by atoms with van der Waals surface area (Å²) in [6, 6.07) is 5.49. The molecule has 5 nitrogen and oxygen atoms in total. The summed E-state index contributed by atoms with van der Waals surface area (Å²) in [4.78, 5) is 23.6. The normalized spacial score (nSPS) is 9.94. The monoisotopic (exact) mass is 250 g/mol. The number of amides is 2. The zero-order valence-electron chi connectivity index (χ0n) is 10.9. The van der Waals surface area contributed by atoms with Crippen LogP contribution >= 0.6 is 0 Å². The first-order valence-corrected chi connectivity index (χ1v) is 5.71. The van der Waals surface area contributed by atoms with Gasteiger partial charge in [0.25, 0.3) is 0 Å². The predicted octanol–water partition coefficient (Wildman–Crippen LogP) is 2.24. The molecule has 18 heavy (non-hydrogen) atoms. The minimum absolute atomic E-state index is 0.0588. The summed E-state index contributed by atoms with van der Waals surface area (Å²) >= 11 is 0. The van der Waals surface area contributed by atoms with E-state index in [1.807, 2.05) is 32.0 Å². The number of carboxylic acid groups (broad SMARTS) is 1. The molecule has 0 radical (unpaired) electrons. The molecule has 1 aromatic carbocycles. The van der Waals surface area contributed by atoms with Gasteiger partial charge >= 0.3 is 12.0 Å². The summed E-state index contributed by atoms with van der Waals surface area (Å²) in [6.45, 7) is 4.04. The number of aliphatic carboxylic acids is 1. The van der Waals surface area contributed by atoms with E-state index in [9.17, 15) is 9.59 Å². The Labute approximate surface area is 106 Å². The molecule has 0 fully saturated rings. The standard InChI is InChI=1S/C13H18N2O3/c1-9-4-5-10(2)11(8-9)14-13(18)15(3)7-6-12(16)17/h4-5,8H,6-7H2,1-3H3,(H,14,18)(H,16,17). The highest BCUT2D eigenvalue weighted by atomic mass is 16.4. The Morgan fingerprint density at radius 1 is 1.33 bits per heavy atom. The van der Waals surface area contributed by atoms with E-state index in [0.29, 0.717) is 0 Å². The minimum Gasteiger partial charge on any atom is -0.481 e. The van der Waals surface area contributed by atoms with Crippen molar-refractivity contribution in [3.63, 3.8) is 0 Å². The van der Waals surface area contributed by atoms with Gasteiger partial charge in [0, 0.05) is 19.3 Å². The van der Waals surface area contributed by atoms with Gasteiger partial charge in [-0.3, -0.25) is 4.79 Å². The Hall–Kier alpha value is -2.04. The first-order chi connectivity index (χ1) is 8.40. The number of carbonyl (C=O) groups excluding carboxylic acids is 1. The first-order valence-electron chi connectivity index (χ1n) is 5.71. The predicted molar refractivity (Wildman–Crippen MR) is 69.8 cm³/mol. The zero-order chi connectivity index (χ0) is 13.7. The van der Waals surface area contributed by atoms with Crippen molar-refractivity contribution in [2.45, 2.75) is 20.3 Å². The smallest absolute Gasteiger partial charge is 0.321 e. The molecule has 0 aliphatic carbocycles. The van der Waals surface area contributed by atoms with Crippen molar-refractivity contribution in [3.8, 4) is 0 Å². The molecule has 0 aromatic heterocycles. The Morgan fingerprint density at radius 2 is 2.00 bits per heavy atom. The molecule has 1 aromatic rings. The summed E-state index contributed by atoms with van der Waals surface area (Å²) in [5.41, 5.74) is 2.78. The van der Waals surface area contributed by atoms with Gasteiger partial charge in [-0.15, -0.1) is 0 Å². The van der Waals surface area contributed by atoms with Crippen LogP contribution in [0.2, 0.25) is 0 Å². The lowest BCUT2D eigenvalue weighted by Gasteiger charge is -2.18. The molecule has 0 saturated carbocycles. The van der Waals surface area contributed by atoms with Gasteiger partial charge in [-0.05, 0) is 31.0 Å². The third-order valence-corrected chi connectivity index (χ3v) is 2.64. The summed E-state index contributed by atoms with van der Waals surface area (Å²) in [7, 11) is 1.57. The van der Waals surface area contributed by atoms with Crippen molar-refractivity contribution in [2.24, 2.45) is 0 Å². The van der Waals surface area contributed by atoms with E-state index >= 15 is 0 Å². The molecule has 0 saturated heterocycles. The highest BCUT2D eigenvalue weighted by molar-refractivity contribution is 5.90. The second-order valence-electron chi connectivity index (χ2n) is 4.31. The van der Waals surface area contributed by atoms with Crippen LogP contribution in [0.4, 0.5) is 10.5 Å². The van der Waals surface area contributed by atoms with Crippen LogP contribution in [-0.2, 0) is 4.79 Å². The van der Waals surface area contributed by atoms with Crippen molar-refractivity contribution >= 4 is 17.7 Å². The molecule has 0 unspecified atom stereocenters. The lowest BCUT2D eigenvalue weighted by atomic mass is 10.1. The quantitative estimate of drug-likeness (QED) is 0.861. The van der Waals surface area contributed by atoms with Gasteiger partial charge in [-0.2, -0.15) is 0 Å². The number of carbonyl (C=O) groups is 2. The van der Waals surface area contributed by atoms with Crippen LogP contribution in [0.15, 0.2) is 18.2 Å². The van der Waals surface area contributed by atoms with E-state index in [4.69, 9.17) is 5.11 Å². The summed E-state index contributed by atoms with van der Waals surface area (Å²) in [6.07, 6.45) is -0.0588. The van der Waals surface area contributed by atoms with Crippen LogP contribution in [-0.4, -0.2) is 35.6 Å². The van der Waals surface area contributed by atoms with Crippen molar-refractivity contribution in [1.82, 2.24) is 4.90 Å². The molecular weight excluding hydrogens is 232 g/mol. The Balaban J connectivity index is 2.63. The van der Waals surface area contributed by atoms with Crippen LogP contribution in [0.5, 0.6) is 0 Å². The Bertz CT molecular complexity index is 458. The molecule has 2 N–H and O–H groups in total. The molecule has 0 heterocycles. The maximum Gasteiger partial charge on any atom is 0.321 e. The lowest BCUT2D eigenvalue weighted by molar-refractivity contribution is -0.137. The number of anilines is 1. The van der Waals surface area contributed by atoms with Gasteiger partial charge in [-0.25, -0.2) is 4.79 Å². The third kappa shape index (κ3) is 4.08. The average Bonchev–Trinajstić information content (AvgIpc) is 2.30. The second kappa shape index (κ2) is 6.05. The summed E-state index contributed by atoms with van der Waals surface area (Å²) in [5, 5.41) is 11.3. The van der Waals surface area contributed by atoms with E-state index in [2.05, 4.69) is 5.32 Å². The van der Waals surface area contributed by atoms with Crippen LogP contribution in [0, 0.1) is 13.8 Å². The molecule has 0 aliphatic rings. The maximum atomic E-state index is 11.8. The van der Waals surface area contributed by atoms with Crippen molar-refractivity contribution in [1.29, 1.82) is 0 Å². The molecule has 0 spiro atoms. The fraction of sp³-hybridized carbons (Fsp3) is 0.385. The number of carboxylic acids is 1. The molecule has 5 heteroatoms. The third-order valence-electron chi connectivity index (χ3n) is 2.64. The number of nitrogens with one attached hydrogen (secondary N) is 1. The summed E-state index contributed by atoms with van der Waals surface area (Å²) in [5.74, 6) is -0.915. The number of hydrogen-bond acceptors (Lipinski definition) is 2. The zero-order valence-corrected chi connectivity index (χ0v) is 10.9. The number of nitrogens with zero attached hydrogens (tertiary/aromatic N) is 1. The molecule has 98 valence electrons. The lowest BCUT2D eigenvalue weighted by Crippen LogP contribution is -2.33. The number of urea groups is 1. The van der Waals surface area contributed by atoms with Crippen LogP contribution in [0.3, 0.4) is 0 Å². The highest BCUT2D eigenvalue weighted by Gasteiger charge is 2.11. The number of benzene rings is 1. The van der Waals surface area contributed by atoms with Gasteiger partial charge in [-0.1, -0.05) is 12.1 Å². The molecule has 0 aliphatic heterocycles. The average molecular weight is 250 g/mol. The van der Waals surface area contributed by atoms with Crippen molar-refractivity contribution < 1.29 is 14.7 Å². The van der Waals surface area contributed by atoms with Crippen LogP contribution in [0.1, 0.15) is 17.5 Å². The second-order valence-corrected chi connectivity index (χ2v) is 4.31. The number of rotatable bonds is 4. The molecule has 0 atom stereocenters. The topological polar surface area (TPSA) is 69.6 Å². The SMILES string of the molecule is Cc1ccc(C)c(NC(=O)N(C)CCC(=O)O)c1. The van der Waals surface area contributed by atoms with Crippen LogP contribution < -0.4 is 5.32 Å². The van der Waals surface area contributed by atoms with Crippen molar-refractivity contribution in [2.75, 3.05) is 18.9 Å². The van der Waals surface area contributed by atoms with E-state index in [1.54, 1.807) is 7.05 Å². The number of hydrogen-bond donors (Lipinski definition) is 2. The fourth-order valence-electron chi connectivity index (χ4n) is 1.45. The number of aryl methyl sites for hydroxylation is 2. The van der Waals surface area contributed by atoms with Gasteiger partial charge in [0.1, 0.15) is 0 Å². The van der Waals surface area contributed by atoms with Gasteiger partial charge in [0.2, 0.25) is 0 Å². The Morgan fingerprint density at radius 3 is 2.61 bits per heavy atom. The molecule has 0 bridgehead atoms. The van der Waals surface area contributed by atoms with E-state index in [-0.39, 0.29) is 19.0 Å². The summed E-state index contributed by atoms with van der Waals surface area (Å²) < 4.78 is 0. The van der Waals surface area contributed by atoms with Gasteiger partial charge in [0.15, 0.2) is 0 Å². The van der Waals surface area contributed by atoms with E-state index in [1.165, 1.54) is 4.90 Å². The highest BCUT2D eigenvalue weighted by Crippen LogP contribution is 2.16.